The lowest BCUT2D eigenvalue weighted by molar-refractivity contribution is 0.530. The molecule has 2 aromatic heterocycles. The van der Waals surface area contributed by atoms with Crippen molar-refractivity contribution in [1.82, 2.24) is 4.98 Å². The number of anilines is 1. The number of hydrogen-bond donors (Lipinski definition) is 1. The van der Waals surface area contributed by atoms with Gasteiger partial charge in [0.1, 0.15) is 34.3 Å². The third-order valence-electron chi connectivity index (χ3n) is 3.49. The van der Waals surface area contributed by atoms with Crippen molar-refractivity contribution in [2.24, 2.45) is 0 Å². The second-order valence-electron chi connectivity index (χ2n) is 5.00. The summed E-state index contributed by atoms with van der Waals surface area (Å²) in [5.41, 5.74) is 7.74. The minimum atomic E-state index is 0.106. The van der Waals surface area contributed by atoms with Crippen LogP contribution in [0.25, 0.3) is 11.1 Å². The molecule has 2 heterocycles. The van der Waals surface area contributed by atoms with Crippen LogP contribution in [0, 0.1) is 22.7 Å². The van der Waals surface area contributed by atoms with E-state index in [9.17, 15) is 10.5 Å². The first-order valence-corrected chi connectivity index (χ1v) is 8.97. The van der Waals surface area contributed by atoms with Gasteiger partial charge >= 0.3 is 0 Å². The molecule has 3 rings (SSSR count). The number of thioether (sulfide) groups is 1. The fraction of sp³-hybridized carbons (Fsp3) is 0.0556. The predicted molar refractivity (Wildman–Crippen MR) is 99.5 cm³/mol. The Morgan fingerprint density at radius 1 is 1.12 bits per heavy atom. The minimum Gasteiger partial charge on any atom is -0.468 e. The molecule has 0 atom stereocenters. The van der Waals surface area contributed by atoms with Gasteiger partial charge in [-0.25, -0.2) is 4.98 Å². The lowest BCUT2D eigenvalue weighted by Crippen LogP contribution is -2.03. The number of furan rings is 1. The van der Waals surface area contributed by atoms with Crippen LogP contribution in [0.5, 0.6) is 0 Å². The molecule has 122 valence electrons. The molecule has 2 N–H and O–H groups in total. The van der Waals surface area contributed by atoms with Crippen LogP contribution in [-0.4, -0.2) is 4.98 Å². The van der Waals surface area contributed by atoms with Crippen LogP contribution >= 0.6 is 27.7 Å². The largest absolute Gasteiger partial charge is 0.468 e. The van der Waals surface area contributed by atoms with Crippen LogP contribution in [0.1, 0.15) is 16.9 Å². The fourth-order valence-electron chi connectivity index (χ4n) is 2.37. The Morgan fingerprint density at radius 2 is 1.88 bits per heavy atom. The molecule has 0 amide bonds. The molecule has 0 aliphatic heterocycles. The molecule has 1 aromatic carbocycles. The molecule has 0 spiro atoms. The Bertz CT molecular complexity index is 1000. The maximum absolute atomic E-state index is 9.73. The van der Waals surface area contributed by atoms with Crippen LogP contribution in [-0.2, 0) is 5.75 Å². The molecule has 0 fully saturated rings. The first-order chi connectivity index (χ1) is 12.2. The van der Waals surface area contributed by atoms with Crippen molar-refractivity contribution < 1.29 is 4.42 Å². The Hall–Kier alpha value is -2.74. The van der Waals surface area contributed by atoms with E-state index in [1.807, 2.05) is 30.3 Å². The number of aromatic nitrogens is 1. The summed E-state index contributed by atoms with van der Waals surface area (Å²) in [5.74, 6) is 1.38. The summed E-state index contributed by atoms with van der Waals surface area (Å²) in [7, 11) is 0. The summed E-state index contributed by atoms with van der Waals surface area (Å²) in [5, 5.41) is 19.7. The number of nitrogens with two attached hydrogens (primary N) is 1. The number of pyridine rings is 1. The second-order valence-corrected chi connectivity index (χ2v) is 6.82. The van der Waals surface area contributed by atoms with Gasteiger partial charge in [-0.15, -0.1) is 0 Å². The number of rotatable bonds is 4. The Labute approximate surface area is 157 Å². The van der Waals surface area contributed by atoms with Gasteiger partial charge in [0.25, 0.3) is 0 Å². The van der Waals surface area contributed by atoms with E-state index >= 15 is 0 Å². The molecule has 0 saturated heterocycles. The number of benzene rings is 1. The molecule has 25 heavy (non-hydrogen) atoms. The zero-order valence-electron chi connectivity index (χ0n) is 12.9. The van der Waals surface area contributed by atoms with Gasteiger partial charge in [-0.1, -0.05) is 45.9 Å². The number of nitrogen functional groups attached to an aromatic ring is 1. The molecule has 3 aromatic rings. The van der Waals surface area contributed by atoms with E-state index in [4.69, 9.17) is 10.2 Å². The van der Waals surface area contributed by atoms with Crippen molar-refractivity contribution in [3.05, 3.63) is 64.0 Å². The van der Waals surface area contributed by atoms with Gasteiger partial charge < -0.3 is 10.2 Å². The van der Waals surface area contributed by atoms with Crippen LogP contribution in [0.15, 0.2) is 56.6 Å². The maximum atomic E-state index is 9.73. The molecule has 0 aliphatic rings. The standard InChI is InChI=1S/C18H11BrN4OS/c19-15-6-2-1-5-12(15)16-13(8-20)17(22)23-18(14(16)9-21)25-10-11-4-3-7-24-11/h1-7H,10H2,(H2,22,23). The van der Waals surface area contributed by atoms with Gasteiger partial charge in [0, 0.05) is 10.0 Å². The highest BCUT2D eigenvalue weighted by Gasteiger charge is 2.21. The maximum Gasteiger partial charge on any atom is 0.143 e. The van der Waals surface area contributed by atoms with E-state index in [1.54, 1.807) is 12.3 Å². The van der Waals surface area contributed by atoms with Gasteiger partial charge in [-0.2, -0.15) is 10.5 Å². The third-order valence-corrected chi connectivity index (χ3v) is 5.18. The van der Waals surface area contributed by atoms with E-state index in [2.05, 4.69) is 33.1 Å². The highest BCUT2D eigenvalue weighted by molar-refractivity contribution is 9.10. The van der Waals surface area contributed by atoms with E-state index in [-0.39, 0.29) is 11.4 Å². The van der Waals surface area contributed by atoms with Crippen molar-refractivity contribution in [3.63, 3.8) is 0 Å². The van der Waals surface area contributed by atoms with Gasteiger partial charge in [0.15, 0.2) is 0 Å². The summed E-state index contributed by atoms with van der Waals surface area (Å²) in [6, 6.07) is 15.3. The van der Waals surface area contributed by atoms with Gasteiger partial charge in [0.2, 0.25) is 0 Å². The number of nitrogens with zero attached hydrogens (tertiary/aromatic N) is 3. The highest BCUT2D eigenvalue weighted by atomic mass is 79.9. The van der Waals surface area contributed by atoms with Crippen molar-refractivity contribution in [1.29, 1.82) is 10.5 Å². The van der Waals surface area contributed by atoms with Gasteiger partial charge in [0.05, 0.1) is 17.6 Å². The molecule has 0 radical (unpaired) electrons. The first kappa shape index (κ1) is 17.1. The van der Waals surface area contributed by atoms with E-state index in [1.165, 1.54) is 11.8 Å². The second kappa shape index (κ2) is 7.43. The predicted octanol–water partition coefficient (Wildman–Crippen LogP) is 4.72. The number of halogens is 1. The molecule has 0 saturated carbocycles. The van der Waals surface area contributed by atoms with Crippen molar-refractivity contribution in [3.8, 4) is 23.3 Å². The Kier molecular flexibility index (Phi) is 5.08. The van der Waals surface area contributed by atoms with E-state index < -0.39 is 0 Å². The number of nitriles is 2. The quantitative estimate of drug-likeness (QED) is 0.624. The summed E-state index contributed by atoms with van der Waals surface area (Å²) < 4.78 is 6.09. The van der Waals surface area contributed by atoms with E-state index in [0.29, 0.717) is 21.9 Å². The SMILES string of the molecule is N#Cc1c(N)nc(SCc2ccco2)c(C#N)c1-c1ccccc1Br. The van der Waals surface area contributed by atoms with Crippen LogP contribution in [0.4, 0.5) is 5.82 Å². The third kappa shape index (κ3) is 3.39. The van der Waals surface area contributed by atoms with Crippen LogP contribution in [0.2, 0.25) is 0 Å². The highest BCUT2D eigenvalue weighted by Crippen LogP contribution is 2.39. The zero-order valence-corrected chi connectivity index (χ0v) is 15.3. The topological polar surface area (TPSA) is 99.6 Å². The average molecular weight is 411 g/mol. The van der Waals surface area contributed by atoms with Crippen LogP contribution in [0.3, 0.4) is 0 Å². The normalized spacial score (nSPS) is 10.2. The van der Waals surface area contributed by atoms with Crippen LogP contribution < -0.4 is 5.73 Å². The van der Waals surface area contributed by atoms with Gasteiger partial charge in [-0.05, 0) is 23.8 Å². The average Bonchev–Trinajstić information content (AvgIpc) is 3.13. The lowest BCUT2D eigenvalue weighted by Gasteiger charge is -2.13. The molecule has 5 nitrogen and oxygen atoms in total. The lowest BCUT2D eigenvalue weighted by atomic mass is 9.97. The van der Waals surface area contributed by atoms with Crippen molar-refractivity contribution in [2.45, 2.75) is 10.8 Å². The minimum absolute atomic E-state index is 0.106. The fourth-order valence-corrected chi connectivity index (χ4v) is 3.75. The summed E-state index contributed by atoms with van der Waals surface area (Å²) in [6.45, 7) is 0. The number of hydrogen-bond acceptors (Lipinski definition) is 6. The molecule has 0 bridgehead atoms. The smallest absolute Gasteiger partial charge is 0.143 e. The Morgan fingerprint density at radius 3 is 2.52 bits per heavy atom. The summed E-state index contributed by atoms with van der Waals surface area (Å²) >= 11 is 4.82. The summed E-state index contributed by atoms with van der Waals surface area (Å²) in [6.07, 6.45) is 1.59. The molecule has 7 heteroatoms. The molecular weight excluding hydrogens is 400 g/mol. The van der Waals surface area contributed by atoms with E-state index in [0.717, 1.165) is 15.8 Å². The molecule has 0 aliphatic carbocycles. The monoisotopic (exact) mass is 410 g/mol. The van der Waals surface area contributed by atoms with Gasteiger partial charge in [-0.3, -0.25) is 0 Å². The first-order valence-electron chi connectivity index (χ1n) is 7.19. The molecule has 0 unspecified atom stereocenters. The molecular formula is C18H11BrN4OS. The van der Waals surface area contributed by atoms with Crippen molar-refractivity contribution >= 4 is 33.5 Å². The Balaban J connectivity index is 2.17. The zero-order chi connectivity index (χ0) is 17.8. The summed E-state index contributed by atoms with van der Waals surface area (Å²) in [4.78, 5) is 4.27. The van der Waals surface area contributed by atoms with Crippen molar-refractivity contribution in [2.75, 3.05) is 5.73 Å².